The molecule has 1 saturated heterocycles. The summed E-state index contributed by atoms with van der Waals surface area (Å²) in [5.41, 5.74) is 0. The number of nitrogens with zero attached hydrogens (tertiary/aromatic N) is 1. The van der Waals surface area contributed by atoms with Crippen LogP contribution in [-0.4, -0.2) is 49.8 Å². The standard InChI is InChI=1S/C10H19N3O3/c1-3-5-11-9(14)13-6-4-8(7-13)12-10(15)16-2/h8H,3-7H2,1-2H3,(H,11,14)(H,12,15). The summed E-state index contributed by atoms with van der Waals surface area (Å²) in [6, 6.07) is -0.0594. The van der Waals surface area contributed by atoms with E-state index in [0.29, 0.717) is 19.6 Å². The zero-order chi connectivity index (χ0) is 12.0. The summed E-state index contributed by atoms with van der Waals surface area (Å²) in [4.78, 5) is 24.2. The van der Waals surface area contributed by atoms with E-state index in [2.05, 4.69) is 15.4 Å². The zero-order valence-corrected chi connectivity index (χ0v) is 9.78. The Balaban J connectivity index is 2.28. The van der Waals surface area contributed by atoms with E-state index >= 15 is 0 Å². The van der Waals surface area contributed by atoms with Crippen LogP contribution >= 0.6 is 0 Å². The van der Waals surface area contributed by atoms with Crippen LogP contribution in [0.4, 0.5) is 9.59 Å². The molecule has 92 valence electrons. The summed E-state index contributed by atoms with van der Waals surface area (Å²) < 4.78 is 4.50. The second-order valence-electron chi connectivity index (χ2n) is 3.80. The first-order valence-electron chi connectivity index (χ1n) is 5.54. The van der Waals surface area contributed by atoms with Crippen LogP contribution in [0.2, 0.25) is 0 Å². The number of hydrogen-bond donors (Lipinski definition) is 2. The maximum absolute atomic E-state index is 11.6. The van der Waals surface area contributed by atoms with Crippen molar-refractivity contribution in [3.05, 3.63) is 0 Å². The summed E-state index contributed by atoms with van der Waals surface area (Å²) in [5, 5.41) is 5.49. The molecule has 1 aliphatic heterocycles. The number of nitrogens with one attached hydrogen (secondary N) is 2. The van der Waals surface area contributed by atoms with Gasteiger partial charge < -0.3 is 20.3 Å². The maximum Gasteiger partial charge on any atom is 0.407 e. The van der Waals surface area contributed by atoms with Crippen LogP contribution in [0, 0.1) is 0 Å². The van der Waals surface area contributed by atoms with E-state index in [1.807, 2.05) is 6.92 Å². The van der Waals surface area contributed by atoms with Crippen LogP contribution < -0.4 is 10.6 Å². The van der Waals surface area contributed by atoms with Crippen molar-refractivity contribution >= 4 is 12.1 Å². The first-order chi connectivity index (χ1) is 7.67. The lowest BCUT2D eigenvalue weighted by atomic mass is 10.3. The van der Waals surface area contributed by atoms with Gasteiger partial charge in [-0.25, -0.2) is 9.59 Å². The molecule has 6 heteroatoms. The molecule has 0 spiro atoms. The molecule has 1 rings (SSSR count). The van der Waals surface area contributed by atoms with Crippen molar-refractivity contribution in [1.29, 1.82) is 0 Å². The summed E-state index contributed by atoms with van der Waals surface area (Å²) in [6.45, 7) is 3.91. The molecule has 0 radical (unpaired) electrons. The van der Waals surface area contributed by atoms with Gasteiger partial charge in [-0.1, -0.05) is 6.92 Å². The van der Waals surface area contributed by atoms with E-state index in [9.17, 15) is 9.59 Å². The molecule has 0 bridgehead atoms. The Morgan fingerprint density at radius 3 is 2.88 bits per heavy atom. The van der Waals surface area contributed by atoms with Gasteiger partial charge in [0.2, 0.25) is 0 Å². The predicted octanol–water partition coefficient (Wildman–Crippen LogP) is 0.536. The van der Waals surface area contributed by atoms with Crippen LogP contribution in [0.5, 0.6) is 0 Å². The fraction of sp³-hybridized carbons (Fsp3) is 0.800. The number of carbonyl (C=O) groups excluding carboxylic acids is 2. The van der Waals surface area contributed by atoms with E-state index in [-0.39, 0.29) is 12.1 Å². The van der Waals surface area contributed by atoms with Crippen molar-refractivity contribution in [3.63, 3.8) is 0 Å². The molecule has 2 N–H and O–H groups in total. The molecule has 0 aromatic rings. The number of rotatable bonds is 3. The minimum Gasteiger partial charge on any atom is -0.453 e. The van der Waals surface area contributed by atoms with Crippen LogP contribution in [0.1, 0.15) is 19.8 Å². The van der Waals surface area contributed by atoms with Gasteiger partial charge in [-0.15, -0.1) is 0 Å². The van der Waals surface area contributed by atoms with Gasteiger partial charge in [0.1, 0.15) is 0 Å². The molecule has 6 nitrogen and oxygen atoms in total. The molecule has 1 unspecified atom stereocenters. The van der Waals surface area contributed by atoms with Gasteiger partial charge in [-0.3, -0.25) is 0 Å². The Hall–Kier alpha value is -1.46. The molecule has 1 atom stereocenters. The summed E-state index contributed by atoms with van der Waals surface area (Å²) >= 11 is 0. The number of methoxy groups -OCH3 is 1. The third-order valence-corrected chi connectivity index (χ3v) is 2.51. The van der Waals surface area contributed by atoms with Gasteiger partial charge in [0, 0.05) is 19.6 Å². The molecule has 3 amide bonds. The normalized spacial score (nSPS) is 19.4. The van der Waals surface area contributed by atoms with Crippen LogP contribution in [0.3, 0.4) is 0 Å². The van der Waals surface area contributed by atoms with Gasteiger partial charge >= 0.3 is 12.1 Å². The van der Waals surface area contributed by atoms with Crippen molar-refractivity contribution in [1.82, 2.24) is 15.5 Å². The molecule has 0 aliphatic carbocycles. The number of ether oxygens (including phenoxy) is 1. The van der Waals surface area contributed by atoms with Gasteiger partial charge in [-0.05, 0) is 12.8 Å². The average molecular weight is 229 g/mol. The fourth-order valence-corrected chi connectivity index (χ4v) is 1.63. The minimum atomic E-state index is -0.444. The van der Waals surface area contributed by atoms with Crippen molar-refractivity contribution in [2.24, 2.45) is 0 Å². The Morgan fingerprint density at radius 1 is 1.50 bits per heavy atom. The van der Waals surface area contributed by atoms with Crippen LogP contribution in [-0.2, 0) is 4.74 Å². The Kier molecular flexibility index (Phi) is 4.88. The molecule has 0 aromatic heterocycles. The topological polar surface area (TPSA) is 70.7 Å². The second-order valence-corrected chi connectivity index (χ2v) is 3.80. The molecule has 0 saturated carbocycles. The number of alkyl carbamates (subject to hydrolysis) is 1. The average Bonchev–Trinajstić information content (AvgIpc) is 2.74. The second kappa shape index (κ2) is 6.19. The van der Waals surface area contributed by atoms with Crippen molar-refractivity contribution < 1.29 is 14.3 Å². The molecule has 1 fully saturated rings. The molecule has 1 heterocycles. The number of carbonyl (C=O) groups is 2. The quantitative estimate of drug-likeness (QED) is 0.742. The SMILES string of the molecule is CCCNC(=O)N1CCC(NC(=O)OC)C1. The number of urea groups is 1. The van der Waals surface area contributed by atoms with Gasteiger partial charge in [0.15, 0.2) is 0 Å². The van der Waals surface area contributed by atoms with Crippen molar-refractivity contribution in [3.8, 4) is 0 Å². The highest BCUT2D eigenvalue weighted by molar-refractivity contribution is 5.74. The highest BCUT2D eigenvalue weighted by Gasteiger charge is 2.27. The van der Waals surface area contributed by atoms with E-state index in [0.717, 1.165) is 12.8 Å². The van der Waals surface area contributed by atoms with Crippen LogP contribution in [0.15, 0.2) is 0 Å². The Morgan fingerprint density at radius 2 is 2.25 bits per heavy atom. The highest BCUT2D eigenvalue weighted by Crippen LogP contribution is 2.09. The summed E-state index contributed by atoms with van der Waals surface area (Å²) in [7, 11) is 1.33. The maximum atomic E-state index is 11.6. The van der Waals surface area contributed by atoms with Gasteiger partial charge in [-0.2, -0.15) is 0 Å². The van der Waals surface area contributed by atoms with Gasteiger partial charge in [0.05, 0.1) is 13.2 Å². The first-order valence-corrected chi connectivity index (χ1v) is 5.54. The first kappa shape index (κ1) is 12.6. The number of amides is 3. The van der Waals surface area contributed by atoms with Crippen molar-refractivity contribution in [2.45, 2.75) is 25.8 Å². The van der Waals surface area contributed by atoms with E-state index in [4.69, 9.17) is 0 Å². The number of likely N-dealkylation sites (tertiary alicyclic amines) is 1. The lowest BCUT2D eigenvalue weighted by molar-refractivity contribution is 0.166. The summed E-state index contributed by atoms with van der Waals surface area (Å²) in [5.74, 6) is 0. The van der Waals surface area contributed by atoms with Gasteiger partial charge in [0.25, 0.3) is 0 Å². The molecule has 1 aliphatic rings. The Bertz CT molecular complexity index is 258. The highest BCUT2D eigenvalue weighted by atomic mass is 16.5. The molecule has 0 aromatic carbocycles. The monoisotopic (exact) mass is 229 g/mol. The third-order valence-electron chi connectivity index (χ3n) is 2.51. The predicted molar refractivity (Wildman–Crippen MR) is 59.2 cm³/mol. The third kappa shape index (κ3) is 3.60. The smallest absolute Gasteiger partial charge is 0.407 e. The largest absolute Gasteiger partial charge is 0.453 e. The number of hydrogen-bond acceptors (Lipinski definition) is 3. The fourth-order valence-electron chi connectivity index (χ4n) is 1.63. The lowest BCUT2D eigenvalue weighted by Gasteiger charge is -2.17. The van der Waals surface area contributed by atoms with E-state index in [1.54, 1.807) is 4.90 Å². The molecule has 16 heavy (non-hydrogen) atoms. The lowest BCUT2D eigenvalue weighted by Crippen LogP contribution is -2.42. The minimum absolute atomic E-state index is 0.000161. The van der Waals surface area contributed by atoms with Crippen molar-refractivity contribution in [2.75, 3.05) is 26.7 Å². The molecular weight excluding hydrogens is 210 g/mol. The van der Waals surface area contributed by atoms with Crippen LogP contribution in [0.25, 0.3) is 0 Å². The zero-order valence-electron chi connectivity index (χ0n) is 9.78. The Labute approximate surface area is 95.3 Å². The molecular formula is C10H19N3O3. The van der Waals surface area contributed by atoms with E-state index < -0.39 is 6.09 Å². The van der Waals surface area contributed by atoms with E-state index in [1.165, 1.54) is 7.11 Å². The summed E-state index contributed by atoms with van der Waals surface area (Å²) in [6.07, 6.45) is 1.25.